The number of phenols is 1. The molecule has 3 nitrogen and oxygen atoms in total. The Bertz CT molecular complexity index is 505. The van der Waals surface area contributed by atoms with Gasteiger partial charge in [0.2, 0.25) is 0 Å². The molecule has 0 amide bonds. The lowest BCUT2D eigenvalue weighted by molar-refractivity contribution is 0.472. The largest absolute Gasteiger partial charge is 0.507 e. The summed E-state index contributed by atoms with van der Waals surface area (Å²) in [5.41, 5.74) is 7.80. The molecule has 0 unspecified atom stereocenters. The van der Waals surface area contributed by atoms with Gasteiger partial charge in [0.25, 0.3) is 0 Å². The average molecular weight is 269 g/mol. The van der Waals surface area contributed by atoms with Gasteiger partial charge >= 0.3 is 0 Å². The van der Waals surface area contributed by atoms with Crippen molar-refractivity contribution < 1.29 is 5.11 Å². The van der Waals surface area contributed by atoms with Crippen LogP contribution in [0.5, 0.6) is 5.75 Å². The molecule has 0 spiro atoms. The summed E-state index contributed by atoms with van der Waals surface area (Å²) in [5.74, 6) is 0.267. The fourth-order valence-electron chi connectivity index (χ4n) is 1.83. The molecule has 0 atom stereocenters. The molecule has 1 aromatic carbocycles. The monoisotopic (exact) mass is 268 g/mol. The van der Waals surface area contributed by atoms with E-state index in [2.05, 4.69) is 22.1 Å². The highest BCUT2D eigenvalue weighted by atomic mass is 79.9. The maximum atomic E-state index is 9.60. The smallest absolute Gasteiger partial charge is 0.131 e. The fraction of sp³-hybridized carbons (Fsp3) is 0.273. The standard InChI is InChI=1S/C11H13BrN2O/c1-14-6-7(2-3-13)8-4-9(12)11(15)5-10(8)14/h4-6,15H,2-3,13H2,1H3. The molecular weight excluding hydrogens is 256 g/mol. The minimum absolute atomic E-state index is 0.267. The van der Waals surface area contributed by atoms with Gasteiger partial charge in [-0.1, -0.05) is 0 Å². The Morgan fingerprint density at radius 2 is 2.20 bits per heavy atom. The third-order valence-electron chi connectivity index (χ3n) is 2.55. The van der Waals surface area contributed by atoms with Crippen LogP contribution in [0, 0.1) is 0 Å². The number of rotatable bonds is 2. The maximum Gasteiger partial charge on any atom is 0.131 e. The highest BCUT2D eigenvalue weighted by Gasteiger charge is 2.09. The van der Waals surface area contributed by atoms with E-state index in [0.717, 1.165) is 21.8 Å². The van der Waals surface area contributed by atoms with Crippen molar-refractivity contribution in [2.45, 2.75) is 6.42 Å². The Morgan fingerprint density at radius 1 is 1.47 bits per heavy atom. The number of fused-ring (bicyclic) bond motifs is 1. The molecule has 0 bridgehead atoms. The van der Waals surface area contributed by atoms with Crippen LogP contribution in [0.2, 0.25) is 0 Å². The van der Waals surface area contributed by atoms with Crippen LogP contribution in [0.25, 0.3) is 10.9 Å². The lowest BCUT2D eigenvalue weighted by Gasteiger charge is -2.00. The summed E-state index contributed by atoms with van der Waals surface area (Å²) in [6.45, 7) is 0.637. The van der Waals surface area contributed by atoms with Crippen LogP contribution < -0.4 is 5.73 Å². The minimum atomic E-state index is 0.267. The molecule has 0 saturated heterocycles. The third-order valence-corrected chi connectivity index (χ3v) is 3.19. The second kappa shape index (κ2) is 3.87. The molecule has 2 aromatic rings. The number of aromatic hydroxyl groups is 1. The molecule has 0 saturated carbocycles. The first-order valence-electron chi connectivity index (χ1n) is 4.80. The molecule has 0 aliphatic heterocycles. The van der Waals surface area contributed by atoms with Gasteiger partial charge in [0.15, 0.2) is 0 Å². The maximum absolute atomic E-state index is 9.60. The molecule has 15 heavy (non-hydrogen) atoms. The normalized spacial score (nSPS) is 11.1. The Hall–Kier alpha value is -1.00. The van der Waals surface area contributed by atoms with Crippen LogP contribution in [-0.2, 0) is 13.5 Å². The van der Waals surface area contributed by atoms with E-state index < -0.39 is 0 Å². The average Bonchev–Trinajstić information content (AvgIpc) is 2.46. The van der Waals surface area contributed by atoms with Crippen molar-refractivity contribution >= 4 is 26.8 Å². The number of benzene rings is 1. The number of aryl methyl sites for hydroxylation is 1. The molecule has 1 aromatic heterocycles. The van der Waals surface area contributed by atoms with Crippen molar-refractivity contribution in [3.05, 3.63) is 28.4 Å². The molecule has 80 valence electrons. The number of halogens is 1. The SMILES string of the molecule is Cn1cc(CCN)c2cc(Br)c(O)cc21. The van der Waals surface area contributed by atoms with Gasteiger partial charge in [-0.15, -0.1) is 0 Å². The van der Waals surface area contributed by atoms with Gasteiger partial charge in [0.05, 0.1) is 9.99 Å². The first-order valence-corrected chi connectivity index (χ1v) is 5.59. The van der Waals surface area contributed by atoms with E-state index in [0.29, 0.717) is 6.54 Å². The first kappa shape index (κ1) is 10.5. The predicted molar refractivity (Wildman–Crippen MR) is 65.0 cm³/mol. The van der Waals surface area contributed by atoms with Crippen molar-refractivity contribution in [1.29, 1.82) is 0 Å². The molecular formula is C11H13BrN2O. The van der Waals surface area contributed by atoms with Gasteiger partial charge in [0.1, 0.15) is 5.75 Å². The van der Waals surface area contributed by atoms with Crippen LogP contribution >= 0.6 is 15.9 Å². The Kier molecular flexibility index (Phi) is 2.71. The zero-order chi connectivity index (χ0) is 11.0. The van der Waals surface area contributed by atoms with Crippen LogP contribution in [0.1, 0.15) is 5.56 Å². The summed E-state index contributed by atoms with van der Waals surface area (Å²) in [6.07, 6.45) is 2.91. The highest BCUT2D eigenvalue weighted by molar-refractivity contribution is 9.10. The van der Waals surface area contributed by atoms with Crippen molar-refractivity contribution in [2.75, 3.05) is 6.54 Å². The van der Waals surface area contributed by atoms with Gasteiger partial charge in [-0.05, 0) is 40.5 Å². The molecule has 3 N–H and O–H groups in total. The molecule has 2 rings (SSSR count). The quantitative estimate of drug-likeness (QED) is 0.877. The highest BCUT2D eigenvalue weighted by Crippen LogP contribution is 2.31. The van der Waals surface area contributed by atoms with E-state index in [1.165, 1.54) is 5.56 Å². The van der Waals surface area contributed by atoms with Crippen LogP contribution in [0.3, 0.4) is 0 Å². The summed E-state index contributed by atoms with van der Waals surface area (Å²) in [7, 11) is 1.97. The molecule has 0 fully saturated rings. The minimum Gasteiger partial charge on any atom is -0.507 e. The lowest BCUT2D eigenvalue weighted by Crippen LogP contribution is -2.01. The Labute approximate surface area is 96.6 Å². The van der Waals surface area contributed by atoms with Gasteiger partial charge in [-0.3, -0.25) is 0 Å². The molecule has 0 aliphatic rings. The Morgan fingerprint density at radius 3 is 2.87 bits per heavy atom. The summed E-state index contributed by atoms with van der Waals surface area (Å²) in [6, 6.07) is 3.70. The summed E-state index contributed by atoms with van der Waals surface area (Å²) in [4.78, 5) is 0. The van der Waals surface area contributed by atoms with Crippen molar-refractivity contribution in [2.24, 2.45) is 12.8 Å². The number of hydrogen-bond acceptors (Lipinski definition) is 2. The second-order valence-electron chi connectivity index (χ2n) is 3.62. The predicted octanol–water partition coefficient (Wildman–Crippen LogP) is 2.15. The lowest BCUT2D eigenvalue weighted by atomic mass is 10.1. The molecule has 0 radical (unpaired) electrons. The summed E-state index contributed by atoms with van der Waals surface area (Å²) in [5, 5.41) is 10.7. The number of nitrogens with two attached hydrogens (primary N) is 1. The van der Waals surface area contributed by atoms with Crippen molar-refractivity contribution in [1.82, 2.24) is 4.57 Å². The van der Waals surface area contributed by atoms with E-state index in [9.17, 15) is 5.11 Å². The Balaban J connectivity index is 2.70. The van der Waals surface area contributed by atoms with Gasteiger partial charge in [0, 0.05) is 24.7 Å². The molecule has 1 heterocycles. The van der Waals surface area contributed by atoms with Crippen molar-refractivity contribution in [3.8, 4) is 5.75 Å². The number of nitrogens with zero attached hydrogens (tertiary/aromatic N) is 1. The summed E-state index contributed by atoms with van der Waals surface area (Å²) >= 11 is 3.32. The molecule has 4 heteroatoms. The summed E-state index contributed by atoms with van der Waals surface area (Å²) < 4.78 is 2.73. The zero-order valence-electron chi connectivity index (χ0n) is 8.50. The first-order chi connectivity index (χ1) is 7.13. The van der Waals surface area contributed by atoms with Crippen LogP contribution in [0.15, 0.2) is 22.8 Å². The number of aromatic nitrogens is 1. The van der Waals surface area contributed by atoms with E-state index in [4.69, 9.17) is 5.73 Å². The van der Waals surface area contributed by atoms with Gasteiger partial charge in [-0.25, -0.2) is 0 Å². The number of hydrogen-bond donors (Lipinski definition) is 2. The zero-order valence-corrected chi connectivity index (χ0v) is 10.1. The van der Waals surface area contributed by atoms with E-state index in [-0.39, 0.29) is 5.75 Å². The topological polar surface area (TPSA) is 51.2 Å². The van der Waals surface area contributed by atoms with Crippen molar-refractivity contribution in [3.63, 3.8) is 0 Å². The van der Waals surface area contributed by atoms with E-state index in [1.807, 2.05) is 17.7 Å². The van der Waals surface area contributed by atoms with Gasteiger partial charge in [-0.2, -0.15) is 0 Å². The third kappa shape index (κ3) is 1.75. The van der Waals surface area contributed by atoms with E-state index >= 15 is 0 Å². The number of phenolic OH excluding ortho intramolecular Hbond substituents is 1. The fourth-order valence-corrected chi connectivity index (χ4v) is 2.17. The van der Waals surface area contributed by atoms with Crippen LogP contribution in [0.4, 0.5) is 0 Å². The van der Waals surface area contributed by atoms with E-state index in [1.54, 1.807) is 6.07 Å². The second-order valence-corrected chi connectivity index (χ2v) is 4.48. The van der Waals surface area contributed by atoms with Gasteiger partial charge < -0.3 is 15.4 Å². The molecule has 0 aliphatic carbocycles. The van der Waals surface area contributed by atoms with Crippen LogP contribution in [-0.4, -0.2) is 16.2 Å².